The second-order valence-electron chi connectivity index (χ2n) is 8.28. The van der Waals surface area contributed by atoms with Gasteiger partial charge in [-0.25, -0.2) is 0 Å². The maximum Gasteiger partial charge on any atom is 0.306 e. The van der Waals surface area contributed by atoms with Crippen molar-refractivity contribution >= 4 is 11.9 Å². The molecule has 0 fully saturated rings. The van der Waals surface area contributed by atoms with E-state index in [1.807, 2.05) is 14.1 Å². The Kier molecular flexibility index (Phi) is 18.5. The number of hydrogen-bond donors (Lipinski definition) is 1. The average Bonchev–Trinajstić information content (AvgIpc) is 2.62. The molecule has 166 valence electrons. The van der Waals surface area contributed by atoms with Crippen LogP contribution in [0.15, 0.2) is 0 Å². The predicted molar refractivity (Wildman–Crippen MR) is 116 cm³/mol. The number of carboxylic acids is 1. The molecule has 0 heterocycles. The smallest absolute Gasteiger partial charge is 0.306 e. The number of aliphatic carboxylic acids is 1. The molecule has 0 saturated heterocycles. The van der Waals surface area contributed by atoms with Crippen molar-refractivity contribution < 1.29 is 19.4 Å². The zero-order valence-corrected chi connectivity index (χ0v) is 18.7. The van der Waals surface area contributed by atoms with Crippen molar-refractivity contribution in [1.82, 2.24) is 4.90 Å². The maximum atomic E-state index is 12.1. The van der Waals surface area contributed by atoms with Crippen molar-refractivity contribution in [3.8, 4) is 0 Å². The lowest BCUT2D eigenvalue weighted by molar-refractivity contribution is -0.150. The van der Waals surface area contributed by atoms with Gasteiger partial charge in [0.1, 0.15) is 6.10 Å². The molecule has 1 atom stereocenters. The SMILES string of the molecule is CCCCCCCCCC(CCCCCCC(=O)O)OC(=O)CCCN(C)C. The largest absolute Gasteiger partial charge is 0.481 e. The van der Waals surface area contributed by atoms with Gasteiger partial charge in [-0.1, -0.05) is 58.3 Å². The van der Waals surface area contributed by atoms with Gasteiger partial charge in [-0.15, -0.1) is 0 Å². The highest BCUT2D eigenvalue weighted by Crippen LogP contribution is 2.17. The van der Waals surface area contributed by atoms with Crippen LogP contribution in [-0.2, 0) is 14.3 Å². The minimum absolute atomic E-state index is 0.0296. The summed E-state index contributed by atoms with van der Waals surface area (Å²) in [5.74, 6) is -0.788. The summed E-state index contributed by atoms with van der Waals surface area (Å²) in [6.07, 6.45) is 16.0. The van der Waals surface area contributed by atoms with E-state index in [1.54, 1.807) is 0 Å². The Labute approximate surface area is 173 Å². The molecule has 28 heavy (non-hydrogen) atoms. The Hall–Kier alpha value is -1.10. The summed E-state index contributed by atoms with van der Waals surface area (Å²) in [5, 5.41) is 8.69. The number of nitrogens with zero attached hydrogens (tertiary/aromatic N) is 1. The van der Waals surface area contributed by atoms with E-state index in [0.717, 1.165) is 57.9 Å². The Balaban J connectivity index is 4.07. The van der Waals surface area contributed by atoms with Gasteiger partial charge in [0.15, 0.2) is 0 Å². The van der Waals surface area contributed by atoms with Crippen molar-refractivity contribution in [2.45, 2.75) is 116 Å². The van der Waals surface area contributed by atoms with Gasteiger partial charge < -0.3 is 14.7 Å². The van der Waals surface area contributed by atoms with E-state index >= 15 is 0 Å². The normalized spacial score (nSPS) is 12.3. The van der Waals surface area contributed by atoms with Crippen LogP contribution in [0.4, 0.5) is 0 Å². The fraction of sp³-hybridized carbons (Fsp3) is 0.913. The second-order valence-corrected chi connectivity index (χ2v) is 8.28. The maximum absolute atomic E-state index is 12.1. The number of rotatable bonds is 20. The van der Waals surface area contributed by atoms with Gasteiger partial charge in [0.25, 0.3) is 0 Å². The molecule has 0 aromatic carbocycles. The summed E-state index contributed by atoms with van der Waals surface area (Å²) in [7, 11) is 4.03. The summed E-state index contributed by atoms with van der Waals surface area (Å²) in [4.78, 5) is 24.8. The van der Waals surface area contributed by atoms with E-state index in [2.05, 4.69) is 11.8 Å². The number of carboxylic acid groups (broad SMARTS) is 1. The number of hydrogen-bond acceptors (Lipinski definition) is 4. The molecule has 5 nitrogen and oxygen atoms in total. The minimum Gasteiger partial charge on any atom is -0.481 e. The van der Waals surface area contributed by atoms with Crippen molar-refractivity contribution in [2.24, 2.45) is 0 Å². The van der Waals surface area contributed by atoms with E-state index in [1.165, 1.54) is 38.5 Å². The summed E-state index contributed by atoms with van der Waals surface area (Å²) >= 11 is 0. The van der Waals surface area contributed by atoms with Crippen molar-refractivity contribution in [2.75, 3.05) is 20.6 Å². The Bertz CT molecular complexity index is 385. The van der Waals surface area contributed by atoms with E-state index < -0.39 is 5.97 Å². The lowest BCUT2D eigenvalue weighted by Crippen LogP contribution is -2.20. The standard InChI is InChI=1S/C23H45NO4/c1-4-5-6-7-8-9-12-16-21(17-13-10-11-14-18-22(25)26)28-23(27)19-15-20-24(2)3/h21H,4-20H2,1-3H3,(H,25,26). The fourth-order valence-electron chi connectivity index (χ4n) is 3.38. The second kappa shape index (κ2) is 19.2. The molecule has 0 aromatic heterocycles. The molecule has 0 saturated carbocycles. The first-order chi connectivity index (χ1) is 13.5. The summed E-state index contributed by atoms with van der Waals surface area (Å²) in [5.41, 5.74) is 0. The summed E-state index contributed by atoms with van der Waals surface area (Å²) < 4.78 is 5.77. The van der Waals surface area contributed by atoms with Gasteiger partial charge in [-0.3, -0.25) is 9.59 Å². The third-order valence-electron chi connectivity index (χ3n) is 5.08. The molecule has 0 rings (SSSR count). The summed E-state index contributed by atoms with van der Waals surface area (Å²) in [6.45, 7) is 3.14. The molecule has 1 N–H and O–H groups in total. The van der Waals surface area contributed by atoms with Crippen LogP contribution in [0.5, 0.6) is 0 Å². The van der Waals surface area contributed by atoms with Crippen LogP contribution in [0.3, 0.4) is 0 Å². The first-order valence-corrected chi connectivity index (χ1v) is 11.5. The number of carbonyl (C=O) groups is 2. The molecule has 1 unspecified atom stereocenters. The molecule has 0 bridgehead atoms. The molecule has 0 aliphatic heterocycles. The predicted octanol–water partition coefficient (Wildman–Crippen LogP) is 5.81. The van der Waals surface area contributed by atoms with Gasteiger partial charge >= 0.3 is 11.9 Å². The monoisotopic (exact) mass is 399 g/mol. The quantitative estimate of drug-likeness (QED) is 0.207. The van der Waals surface area contributed by atoms with E-state index in [0.29, 0.717) is 6.42 Å². The Morgan fingerprint density at radius 1 is 0.786 bits per heavy atom. The van der Waals surface area contributed by atoms with Crippen LogP contribution in [0.25, 0.3) is 0 Å². The van der Waals surface area contributed by atoms with Crippen molar-refractivity contribution in [1.29, 1.82) is 0 Å². The van der Waals surface area contributed by atoms with Gasteiger partial charge in [0.05, 0.1) is 0 Å². The highest BCUT2D eigenvalue weighted by atomic mass is 16.5. The topological polar surface area (TPSA) is 66.8 Å². The van der Waals surface area contributed by atoms with Crippen LogP contribution in [-0.4, -0.2) is 48.7 Å². The molecule has 0 radical (unpaired) electrons. The fourth-order valence-corrected chi connectivity index (χ4v) is 3.38. The molecule has 0 amide bonds. The van der Waals surface area contributed by atoms with Crippen molar-refractivity contribution in [3.05, 3.63) is 0 Å². The van der Waals surface area contributed by atoms with E-state index in [4.69, 9.17) is 9.84 Å². The lowest BCUT2D eigenvalue weighted by Gasteiger charge is -2.18. The minimum atomic E-state index is -0.719. The van der Waals surface area contributed by atoms with Crippen molar-refractivity contribution in [3.63, 3.8) is 0 Å². The average molecular weight is 400 g/mol. The molecular weight excluding hydrogens is 354 g/mol. The third kappa shape index (κ3) is 19.7. The Morgan fingerprint density at radius 2 is 1.32 bits per heavy atom. The van der Waals surface area contributed by atoms with Gasteiger partial charge in [0.2, 0.25) is 0 Å². The third-order valence-corrected chi connectivity index (χ3v) is 5.08. The molecular formula is C23H45NO4. The van der Waals surface area contributed by atoms with Crippen LogP contribution in [0.1, 0.15) is 110 Å². The number of ether oxygens (including phenoxy) is 1. The Morgan fingerprint density at radius 3 is 1.86 bits per heavy atom. The molecule has 0 aliphatic carbocycles. The lowest BCUT2D eigenvalue weighted by atomic mass is 10.0. The van der Waals surface area contributed by atoms with Crippen LogP contribution in [0, 0.1) is 0 Å². The highest BCUT2D eigenvalue weighted by molar-refractivity contribution is 5.69. The number of carbonyl (C=O) groups excluding carboxylic acids is 1. The molecule has 0 aromatic rings. The van der Waals surface area contributed by atoms with E-state index in [-0.39, 0.29) is 18.5 Å². The first-order valence-electron chi connectivity index (χ1n) is 11.5. The zero-order valence-electron chi connectivity index (χ0n) is 18.7. The van der Waals surface area contributed by atoms with Gasteiger partial charge in [0, 0.05) is 12.8 Å². The van der Waals surface area contributed by atoms with Gasteiger partial charge in [-0.05, 0) is 59.2 Å². The van der Waals surface area contributed by atoms with Crippen LogP contribution >= 0.6 is 0 Å². The number of unbranched alkanes of at least 4 members (excludes halogenated alkanes) is 9. The summed E-state index contributed by atoms with van der Waals surface area (Å²) in [6, 6.07) is 0. The molecule has 5 heteroatoms. The zero-order chi connectivity index (χ0) is 21.0. The molecule has 0 aliphatic rings. The molecule has 0 spiro atoms. The van der Waals surface area contributed by atoms with Crippen LogP contribution < -0.4 is 0 Å². The highest BCUT2D eigenvalue weighted by Gasteiger charge is 2.14. The van der Waals surface area contributed by atoms with Crippen LogP contribution in [0.2, 0.25) is 0 Å². The number of esters is 1. The van der Waals surface area contributed by atoms with Gasteiger partial charge in [-0.2, -0.15) is 0 Å². The van der Waals surface area contributed by atoms with E-state index in [9.17, 15) is 9.59 Å². The first kappa shape index (κ1) is 26.9.